The van der Waals surface area contributed by atoms with Crippen molar-refractivity contribution in [1.29, 1.82) is 0 Å². The molecule has 1 aromatic carbocycles. The van der Waals surface area contributed by atoms with E-state index >= 15 is 0 Å². The number of halogens is 1. The molecule has 1 atom stereocenters. The molecule has 0 aliphatic carbocycles. The van der Waals surface area contributed by atoms with E-state index in [0.29, 0.717) is 22.3 Å². The first-order chi connectivity index (χ1) is 19.5. The summed E-state index contributed by atoms with van der Waals surface area (Å²) in [5.41, 5.74) is 0.460. The highest BCUT2D eigenvalue weighted by Gasteiger charge is 2.24. The van der Waals surface area contributed by atoms with Crippen molar-refractivity contribution in [3.8, 4) is 5.69 Å². The lowest BCUT2D eigenvalue weighted by Crippen LogP contribution is -2.42. The zero-order chi connectivity index (χ0) is 29.3. The zero-order valence-electron chi connectivity index (χ0n) is 21.3. The van der Waals surface area contributed by atoms with Gasteiger partial charge in [0.1, 0.15) is 11.9 Å². The van der Waals surface area contributed by atoms with Crippen LogP contribution in [0.4, 0.5) is 10.1 Å². The van der Waals surface area contributed by atoms with Gasteiger partial charge in [-0.3, -0.25) is 29.0 Å². The van der Waals surface area contributed by atoms with E-state index in [-0.39, 0.29) is 22.7 Å². The molecule has 0 spiro atoms. The Labute approximate surface area is 231 Å². The van der Waals surface area contributed by atoms with Crippen LogP contribution < -0.4 is 15.6 Å². The van der Waals surface area contributed by atoms with E-state index in [1.54, 1.807) is 30.1 Å². The fraction of sp³-hybridized carbons (Fsp3) is 0.115. The molecule has 4 N–H and O–H groups in total. The predicted octanol–water partition coefficient (Wildman–Crippen LogP) is 1.81. The minimum atomic E-state index is -4.00. The van der Waals surface area contributed by atoms with Gasteiger partial charge in [-0.2, -0.15) is 8.42 Å². The van der Waals surface area contributed by atoms with Crippen molar-refractivity contribution in [3.05, 3.63) is 101 Å². The summed E-state index contributed by atoms with van der Waals surface area (Å²) in [6, 6.07) is 9.09. The summed E-state index contributed by atoms with van der Waals surface area (Å²) >= 11 is 0. The van der Waals surface area contributed by atoms with E-state index in [0.717, 1.165) is 12.1 Å². The van der Waals surface area contributed by atoms with Crippen LogP contribution in [-0.4, -0.2) is 55.8 Å². The van der Waals surface area contributed by atoms with Gasteiger partial charge in [-0.25, -0.2) is 13.9 Å². The van der Waals surface area contributed by atoms with E-state index in [9.17, 15) is 32.3 Å². The van der Waals surface area contributed by atoms with E-state index in [1.165, 1.54) is 47.5 Å². The third-order valence-corrected chi connectivity index (χ3v) is 7.60. The number of aryl methyl sites for hydroxylation is 1. The minimum Gasteiger partial charge on any atom is -0.480 e. The molecule has 0 radical (unpaired) electrons. The lowest BCUT2D eigenvalue weighted by molar-refractivity contribution is -0.139. The molecule has 4 heterocycles. The number of nitrogens with one attached hydrogen (secondary N) is 3. The molecule has 0 saturated heterocycles. The number of rotatable bonds is 9. The van der Waals surface area contributed by atoms with Crippen molar-refractivity contribution >= 4 is 38.5 Å². The van der Waals surface area contributed by atoms with Crippen LogP contribution in [0, 0.1) is 5.82 Å². The van der Waals surface area contributed by atoms with Crippen molar-refractivity contribution in [2.45, 2.75) is 17.5 Å². The number of carbonyl (C=O) groups is 2. The van der Waals surface area contributed by atoms with Crippen LogP contribution >= 0.6 is 0 Å². The van der Waals surface area contributed by atoms with E-state index in [4.69, 9.17) is 0 Å². The second kappa shape index (κ2) is 10.7. The van der Waals surface area contributed by atoms with Crippen LogP contribution in [0.5, 0.6) is 0 Å². The Morgan fingerprint density at radius 3 is 2.59 bits per heavy atom. The number of amides is 1. The SMILES string of the molecule is Cn1c2cnccc2c(=O)n1-c1ccc(C[C@H](NC(=O)c2ccc(NS(=O)(=O)c3ccc[nH]3)cc2F)C(=O)O)nc1. The van der Waals surface area contributed by atoms with Gasteiger partial charge in [-0.05, 0) is 48.5 Å². The average molecular weight is 580 g/mol. The number of aliphatic carboxylic acids is 1. The third-order valence-electron chi connectivity index (χ3n) is 6.27. The smallest absolute Gasteiger partial charge is 0.326 e. The molecule has 5 aromatic rings. The standard InChI is InChI=1S/C26H22FN7O6S/c1-33-22-14-28-10-8-19(22)25(36)34(33)17-6-4-15(30-13-17)12-21(26(37)38)31-24(35)18-7-5-16(11-20(18)27)32-41(39,40)23-3-2-9-29-23/h2-11,13-14,21,29,32H,12H2,1H3,(H,31,35)(H,37,38)/t21-/m0/s1. The van der Waals surface area contributed by atoms with Crippen LogP contribution in [0.25, 0.3) is 16.6 Å². The number of aromatic amines is 1. The Bertz CT molecular complexity index is 1930. The molecule has 4 aromatic heterocycles. The van der Waals surface area contributed by atoms with Crippen molar-refractivity contribution in [2.24, 2.45) is 7.05 Å². The number of hydrogen-bond donors (Lipinski definition) is 4. The second-order valence-corrected chi connectivity index (χ2v) is 10.6. The number of sulfonamides is 1. The predicted molar refractivity (Wildman–Crippen MR) is 145 cm³/mol. The first-order valence-electron chi connectivity index (χ1n) is 12.0. The van der Waals surface area contributed by atoms with Crippen molar-refractivity contribution < 1.29 is 27.5 Å². The van der Waals surface area contributed by atoms with Gasteiger partial charge in [0.15, 0.2) is 5.03 Å². The fourth-order valence-corrected chi connectivity index (χ4v) is 5.26. The number of carboxylic acids is 1. The summed E-state index contributed by atoms with van der Waals surface area (Å²) in [7, 11) is -2.31. The summed E-state index contributed by atoms with van der Waals surface area (Å²) in [6.07, 6.45) is 5.66. The molecular weight excluding hydrogens is 557 g/mol. The summed E-state index contributed by atoms with van der Waals surface area (Å²) in [5, 5.41) is 12.3. The van der Waals surface area contributed by atoms with Gasteiger partial charge in [-0.1, -0.05) is 0 Å². The van der Waals surface area contributed by atoms with E-state index in [2.05, 4.69) is 25.0 Å². The maximum Gasteiger partial charge on any atom is 0.326 e. The highest BCUT2D eigenvalue weighted by Crippen LogP contribution is 2.19. The Morgan fingerprint density at radius 1 is 1.15 bits per heavy atom. The summed E-state index contributed by atoms with van der Waals surface area (Å²) < 4.78 is 44.6. The van der Waals surface area contributed by atoms with Gasteiger partial charge < -0.3 is 15.4 Å². The van der Waals surface area contributed by atoms with Crippen LogP contribution in [0.2, 0.25) is 0 Å². The van der Waals surface area contributed by atoms with E-state index < -0.39 is 39.3 Å². The molecule has 0 aliphatic heterocycles. The number of carbonyl (C=O) groups excluding carboxylic acids is 1. The normalized spacial score (nSPS) is 12.2. The Kier molecular flexibility index (Phi) is 7.11. The van der Waals surface area contributed by atoms with Crippen LogP contribution in [-0.2, 0) is 28.3 Å². The van der Waals surface area contributed by atoms with E-state index in [1.807, 2.05) is 0 Å². The molecule has 1 amide bonds. The molecule has 0 saturated carbocycles. The number of benzene rings is 1. The zero-order valence-corrected chi connectivity index (χ0v) is 22.1. The monoisotopic (exact) mass is 579 g/mol. The van der Waals surface area contributed by atoms with Crippen LogP contribution in [0.15, 0.2) is 83.1 Å². The van der Waals surface area contributed by atoms with Gasteiger partial charge in [0.2, 0.25) is 0 Å². The maximum atomic E-state index is 14.7. The van der Waals surface area contributed by atoms with Gasteiger partial charge >= 0.3 is 5.97 Å². The second-order valence-electron chi connectivity index (χ2n) is 8.94. The van der Waals surface area contributed by atoms with Gasteiger partial charge in [0.05, 0.1) is 40.2 Å². The first kappa shape index (κ1) is 27.3. The summed E-state index contributed by atoms with van der Waals surface area (Å²) in [6.45, 7) is 0. The lowest BCUT2D eigenvalue weighted by Gasteiger charge is -2.15. The molecule has 0 bridgehead atoms. The Morgan fingerprint density at radius 2 is 1.95 bits per heavy atom. The van der Waals surface area contributed by atoms with Gasteiger partial charge in [0, 0.05) is 31.6 Å². The Hall–Kier alpha value is -5.31. The van der Waals surface area contributed by atoms with Crippen molar-refractivity contribution in [2.75, 3.05) is 4.72 Å². The fourth-order valence-electron chi connectivity index (χ4n) is 4.24. The molecule has 0 aliphatic rings. The molecule has 0 unspecified atom stereocenters. The maximum absolute atomic E-state index is 14.7. The number of anilines is 1. The van der Waals surface area contributed by atoms with Crippen molar-refractivity contribution in [3.63, 3.8) is 0 Å². The summed E-state index contributed by atoms with van der Waals surface area (Å²) in [5.74, 6) is -3.45. The quantitative estimate of drug-likeness (QED) is 0.204. The number of fused-ring (bicyclic) bond motifs is 1. The average Bonchev–Trinajstić information content (AvgIpc) is 3.57. The Balaban J connectivity index is 1.30. The summed E-state index contributed by atoms with van der Waals surface area (Å²) in [4.78, 5) is 48.2. The van der Waals surface area contributed by atoms with Crippen LogP contribution in [0.1, 0.15) is 16.1 Å². The molecule has 0 fully saturated rings. The number of carboxylic acid groups (broad SMARTS) is 1. The molecule has 13 nitrogen and oxygen atoms in total. The molecule has 41 heavy (non-hydrogen) atoms. The van der Waals surface area contributed by atoms with Crippen LogP contribution in [0.3, 0.4) is 0 Å². The number of aromatic nitrogens is 5. The third kappa shape index (κ3) is 5.42. The lowest BCUT2D eigenvalue weighted by atomic mass is 10.1. The molecule has 210 valence electrons. The number of nitrogens with zero attached hydrogens (tertiary/aromatic N) is 4. The molecular formula is C26H22FN7O6S. The topological polar surface area (TPSA) is 181 Å². The highest BCUT2D eigenvalue weighted by molar-refractivity contribution is 7.92. The first-order valence-corrected chi connectivity index (χ1v) is 13.5. The number of H-pyrrole nitrogens is 1. The van der Waals surface area contributed by atoms with Crippen molar-refractivity contribution in [1.82, 2.24) is 29.6 Å². The minimum absolute atomic E-state index is 0.130. The number of hydrogen-bond acceptors (Lipinski definition) is 7. The molecule has 15 heteroatoms. The number of pyridine rings is 2. The highest BCUT2D eigenvalue weighted by atomic mass is 32.2. The largest absolute Gasteiger partial charge is 0.480 e. The van der Waals surface area contributed by atoms with Gasteiger partial charge in [-0.15, -0.1) is 0 Å². The van der Waals surface area contributed by atoms with Gasteiger partial charge in [0.25, 0.3) is 21.5 Å². The molecule has 5 rings (SSSR count).